The van der Waals surface area contributed by atoms with Crippen LogP contribution in [-0.2, 0) is 16.0 Å². The van der Waals surface area contributed by atoms with Crippen LogP contribution < -0.4 is 0 Å². The Kier molecular flexibility index (Phi) is 6.89. The smallest absolute Gasteiger partial charge is 0.236 e. The number of amides is 2. The minimum Gasteiger partial charge on any atom is -0.339 e. The van der Waals surface area contributed by atoms with Gasteiger partial charge in [-0.25, -0.2) is 0 Å². The Morgan fingerprint density at radius 3 is 2.11 bits per heavy atom. The van der Waals surface area contributed by atoms with Crippen molar-refractivity contribution in [2.75, 3.05) is 45.8 Å². The Morgan fingerprint density at radius 2 is 1.52 bits per heavy atom. The molecule has 2 saturated heterocycles. The van der Waals surface area contributed by atoms with Crippen molar-refractivity contribution in [3.63, 3.8) is 0 Å². The maximum absolute atomic E-state index is 12.5. The summed E-state index contributed by atoms with van der Waals surface area (Å²) in [6.07, 6.45) is 4.79. The van der Waals surface area contributed by atoms with Gasteiger partial charge in [0.15, 0.2) is 0 Å². The third kappa shape index (κ3) is 5.80. The van der Waals surface area contributed by atoms with E-state index in [0.29, 0.717) is 32.7 Å². The third-order valence-electron chi connectivity index (χ3n) is 6.11. The van der Waals surface area contributed by atoms with Crippen molar-refractivity contribution < 1.29 is 9.59 Å². The summed E-state index contributed by atoms with van der Waals surface area (Å²) >= 11 is 0. The summed E-state index contributed by atoms with van der Waals surface area (Å²) < 4.78 is 0. The molecule has 0 saturated carbocycles. The molecule has 1 aromatic carbocycles. The van der Waals surface area contributed by atoms with Gasteiger partial charge in [-0.3, -0.25) is 14.5 Å². The summed E-state index contributed by atoms with van der Waals surface area (Å²) in [5.74, 6) is 1.10. The van der Waals surface area contributed by atoms with Crippen molar-refractivity contribution in [3.05, 3.63) is 35.4 Å². The van der Waals surface area contributed by atoms with Gasteiger partial charge < -0.3 is 9.80 Å². The Hall–Kier alpha value is -1.88. The van der Waals surface area contributed by atoms with Gasteiger partial charge in [0.1, 0.15) is 0 Å². The highest BCUT2D eigenvalue weighted by Gasteiger charge is 2.25. The van der Waals surface area contributed by atoms with E-state index in [1.165, 1.54) is 30.4 Å². The van der Waals surface area contributed by atoms with Crippen molar-refractivity contribution >= 4 is 11.8 Å². The first kappa shape index (κ1) is 19.9. The van der Waals surface area contributed by atoms with E-state index in [2.05, 4.69) is 36.1 Å². The number of benzene rings is 1. The molecule has 5 heteroatoms. The molecule has 3 rings (SSSR count). The highest BCUT2D eigenvalue weighted by atomic mass is 16.2. The molecule has 0 radical (unpaired) electrons. The molecule has 0 spiro atoms. The average Bonchev–Trinajstić information content (AvgIpc) is 2.68. The molecule has 0 unspecified atom stereocenters. The molecule has 27 heavy (non-hydrogen) atoms. The molecule has 2 aliphatic rings. The van der Waals surface area contributed by atoms with Crippen LogP contribution >= 0.6 is 0 Å². The average molecular weight is 372 g/mol. The van der Waals surface area contributed by atoms with Gasteiger partial charge in [0.25, 0.3) is 0 Å². The standard InChI is InChI=1S/C22H33N3O2/c1-18-3-5-20(6-4-18)7-8-21-9-11-23(12-10-21)17-22(27)25-15-13-24(14-16-25)19(2)26/h3-6,21H,7-17H2,1-2H3. The zero-order valence-electron chi connectivity index (χ0n) is 16.8. The van der Waals surface area contributed by atoms with Crippen molar-refractivity contribution in [1.29, 1.82) is 0 Å². The van der Waals surface area contributed by atoms with Gasteiger partial charge in [0.2, 0.25) is 11.8 Å². The first-order chi connectivity index (χ1) is 13.0. The molecule has 148 valence electrons. The van der Waals surface area contributed by atoms with Crippen LogP contribution in [0.25, 0.3) is 0 Å². The lowest BCUT2D eigenvalue weighted by molar-refractivity contribution is -0.139. The van der Waals surface area contributed by atoms with Gasteiger partial charge in [-0.15, -0.1) is 0 Å². The lowest BCUT2D eigenvalue weighted by Crippen LogP contribution is -2.52. The molecule has 5 nitrogen and oxygen atoms in total. The van der Waals surface area contributed by atoms with Crippen LogP contribution in [0.2, 0.25) is 0 Å². The zero-order chi connectivity index (χ0) is 19.2. The summed E-state index contributed by atoms with van der Waals surface area (Å²) in [5, 5.41) is 0. The highest BCUT2D eigenvalue weighted by Crippen LogP contribution is 2.22. The third-order valence-corrected chi connectivity index (χ3v) is 6.11. The quantitative estimate of drug-likeness (QED) is 0.798. The van der Waals surface area contributed by atoms with Gasteiger partial charge in [-0.1, -0.05) is 29.8 Å². The van der Waals surface area contributed by atoms with E-state index in [-0.39, 0.29) is 11.8 Å². The Morgan fingerprint density at radius 1 is 0.926 bits per heavy atom. The number of carbonyl (C=O) groups is 2. The van der Waals surface area contributed by atoms with E-state index in [1.807, 2.05) is 9.80 Å². The number of nitrogens with zero attached hydrogens (tertiary/aromatic N) is 3. The second-order valence-corrected chi connectivity index (χ2v) is 8.13. The summed E-state index contributed by atoms with van der Waals surface area (Å²) in [6, 6.07) is 8.88. The molecule has 0 aliphatic carbocycles. The molecule has 2 fully saturated rings. The largest absolute Gasteiger partial charge is 0.339 e. The molecule has 0 atom stereocenters. The van der Waals surface area contributed by atoms with Gasteiger partial charge in [-0.2, -0.15) is 0 Å². The van der Waals surface area contributed by atoms with Crippen molar-refractivity contribution in [2.45, 2.75) is 39.5 Å². The second kappa shape index (κ2) is 9.36. The topological polar surface area (TPSA) is 43.9 Å². The van der Waals surface area contributed by atoms with Crippen LogP contribution in [0.4, 0.5) is 0 Å². The minimum absolute atomic E-state index is 0.106. The van der Waals surface area contributed by atoms with E-state index in [4.69, 9.17) is 0 Å². The van der Waals surface area contributed by atoms with Crippen LogP contribution in [-0.4, -0.2) is 72.3 Å². The van der Waals surface area contributed by atoms with E-state index in [9.17, 15) is 9.59 Å². The number of aryl methyl sites for hydroxylation is 2. The lowest BCUT2D eigenvalue weighted by Gasteiger charge is -2.37. The molecular weight excluding hydrogens is 338 g/mol. The summed E-state index contributed by atoms with van der Waals surface area (Å²) in [4.78, 5) is 30.0. The van der Waals surface area contributed by atoms with E-state index >= 15 is 0 Å². The van der Waals surface area contributed by atoms with Gasteiger partial charge >= 0.3 is 0 Å². The first-order valence-corrected chi connectivity index (χ1v) is 10.3. The Balaban J connectivity index is 1.35. The molecule has 0 bridgehead atoms. The van der Waals surface area contributed by atoms with E-state index in [0.717, 1.165) is 25.4 Å². The van der Waals surface area contributed by atoms with Crippen molar-refractivity contribution in [2.24, 2.45) is 5.92 Å². The molecule has 0 N–H and O–H groups in total. The van der Waals surface area contributed by atoms with Gasteiger partial charge in [0.05, 0.1) is 6.54 Å². The zero-order valence-corrected chi connectivity index (χ0v) is 16.8. The summed E-state index contributed by atoms with van der Waals surface area (Å²) in [5.41, 5.74) is 2.75. The molecular formula is C22H33N3O2. The van der Waals surface area contributed by atoms with Crippen LogP contribution in [0.15, 0.2) is 24.3 Å². The normalized spacial score (nSPS) is 19.3. The molecule has 1 aromatic rings. The lowest BCUT2D eigenvalue weighted by atomic mass is 9.90. The fourth-order valence-electron chi connectivity index (χ4n) is 4.12. The maximum atomic E-state index is 12.5. The predicted molar refractivity (Wildman–Crippen MR) is 107 cm³/mol. The van der Waals surface area contributed by atoms with Crippen LogP contribution in [0.5, 0.6) is 0 Å². The minimum atomic E-state index is 0.106. The monoisotopic (exact) mass is 371 g/mol. The van der Waals surface area contributed by atoms with E-state index < -0.39 is 0 Å². The fourth-order valence-corrected chi connectivity index (χ4v) is 4.12. The van der Waals surface area contributed by atoms with Crippen molar-refractivity contribution in [3.8, 4) is 0 Å². The number of carbonyl (C=O) groups excluding carboxylic acids is 2. The maximum Gasteiger partial charge on any atom is 0.236 e. The second-order valence-electron chi connectivity index (χ2n) is 8.13. The number of hydrogen-bond acceptors (Lipinski definition) is 3. The highest BCUT2D eigenvalue weighted by molar-refractivity contribution is 5.79. The van der Waals surface area contributed by atoms with Gasteiger partial charge in [-0.05, 0) is 57.2 Å². The fraction of sp³-hybridized carbons (Fsp3) is 0.636. The predicted octanol–water partition coefficient (Wildman–Crippen LogP) is 2.33. The number of likely N-dealkylation sites (tertiary alicyclic amines) is 1. The Labute approximate surface area is 163 Å². The van der Waals surface area contributed by atoms with E-state index in [1.54, 1.807) is 6.92 Å². The number of piperazine rings is 1. The summed E-state index contributed by atoms with van der Waals surface area (Å²) in [6.45, 7) is 8.99. The molecule has 2 heterocycles. The molecule has 0 aromatic heterocycles. The number of hydrogen-bond donors (Lipinski definition) is 0. The molecule has 2 aliphatic heterocycles. The Bertz CT molecular complexity index is 627. The van der Waals surface area contributed by atoms with Crippen molar-refractivity contribution in [1.82, 2.24) is 14.7 Å². The molecule has 2 amide bonds. The van der Waals surface area contributed by atoms with Crippen LogP contribution in [0, 0.1) is 12.8 Å². The number of rotatable bonds is 5. The first-order valence-electron chi connectivity index (χ1n) is 10.3. The van der Waals surface area contributed by atoms with Crippen LogP contribution in [0.3, 0.4) is 0 Å². The number of piperidine rings is 1. The SMILES string of the molecule is CC(=O)N1CCN(C(=O)CN2CCC(CCc3ccc(C)cc3)CC2)CC1. The summed E-state index contributed by atoms with van der Waals surface area (Å²) in [7, 11) is 0. The van der Waals surface area contributed by atoms with Crippen LogP contribution in [0.1, 0.15) is 37.3 Å². The van der Waals surface area contributed by atoms with Gasteiger partial charge in [0, 0.05) is 33.1 Å².